The van der Waals surface area contributed by atoms with Gasteiger partial charge < -0.3 is 4.90 Å². The molecule has 5 rings (SSSR count). The number of aromatic nitrogens is 3. The molecule has 0 atom stereocenters. The van der Waals surface area contributed by atoms with Gasteiger partial charge in [0.05, 0.1) is 28.9 Å². The Labute approximate surface area is 183 Å². The SMILES string of the molecule is C#CCN(C(=O)C1CC1)c1cccc(-c2ccnc3c(C(=O)c4cccs4)cnn23)c1. The van der Waals surface area contributed by atoms with Crippen molar-refractivity contribution in [2.24, 2.45) is 5.92 Å². The molecular weight excluding hydrogens is 408 g/mol. The number of nitrogens with zero attached hydrogens (tertiary/aromatic N) is 4. The molecule has 0 N–H and O–H groups in total. The van der Waals surface area contributed by atoms with Crippen molar-refractivity contribution in [1.82, 2.24) is 14.6 Å². The second-order valence-electron chi connectivity index (χ2n) is 7.38. The first-order valence-corrected chi connectivity index (χ1v) is 10.8. The van der Waals surface area contributed by atoms with E-state index in [0.29, 0.717) is 16.1 Å². The van der Waals surface area contributed by atoms with Crippen LogP contribution in [0.4, 0.5) is 5.69 Å². The molecule has 1 saturated carbocycles. The van der Waals surface area contributed by atoms with E-state index in [2.05, 4.69) is 16.0 Å². The topological polar surface area (TPSA) is 67.6 Å². The summed E-state index contributed by atoms with van der Waals surface area (Å²) in [5.41, 5.74) is 3.33. The molecule has 0 radical (unpaired) electrons. The lowest BCUT2D eigenvalue weighted by molar-refractivity contribution is -0.119. The highest BCUT2D eigenvalue weighted by Gasteiger charge is 2.33. The van der Waals surface area contributed by atoms with Crippen LogP contribution < -0.4 is 4.90 Å². The zero-order chi connectivity index (χ0) is 21.4. The van der Waals surface area contributed by atoms with Gasteiger partial charge in [-0.1, -0.05) is 24.1 Å². The molecule has 1 aliphatic carbocycles. The van der Waals surface area contributed by atoms with Crippen molar-refractivity contribution in [1.29, 1.82) is 0 Å². The van der Waals surface area contributed by atoms with E-state index < -0.39 is 0 Å². The summed E-state index contributed by atoms with van der Waals surface area (Å²) in [7, 11) is 0. The van der Waals surface area contributed by atoms with Crippen molar-refractivity contribution < 1.29 is 9.59 Å². The van der Waals surface area contributed by atoms with Crippen LogP contribution in [0.2, 0.25) is 0 Å². The first kappa shape index (κ1) is 19.2. The van der Waals surface area contributed by atoms with Crippen LogP contribution in [0.5, 0.6) is 0 Å². The van der Waals surface area contributed by atoms with Gasteiger partial charge in [-0.25, -0.2) is 9.50 Å². The summed E-state index contributed by atoms with van der Waals surface area (Å²) in [5, 5.41) is 6.30. The van der Waals surface area contributed by atoms with Crippen LogP contribution in [0.3, 0.4) is 0 Å². The fourth-order valence-corrected chi connectivity index (χ4v) is 4.26. The van der Waals surface area contributed by atoms with Crippen molar-refractivity contribution in [2.45, 2.75) is 12.8 Å². The van der Waals surface area contributed by atoms with Crippen molar-refractivity contribution in [3.63, 3.8) is 0 Å². The number of fused-ring (bicyclic) bond motifs is 1. The Hall–Kier alpha value is -3.76. The molecule has 31 heavy (non-hydrogen) atoms. The second kappa shape index (κ2) is 7.82. The first-order chi connectivity index (χ1) is 15.2. The maximum atomic E-state index is 12.8. The summed E-state index contributed by atoms with van der Waals surface area (Å²) >= 11 is 1.39. The van der Waals surface area contributed by atoms with Gasteiger partial charge in [-0.05, 0) is 42.5 Å². The molecule has 1 aromatic carbocycles. The highest BCUT2D eigenvalue weighted by Crippen LogP contribution is 2.34. The Morgan fingerprint density at radius 2 is 2.10 bits per heavy atom. The molecule has 0 unspecified atom stereocenters. The average molecular weight is 427 g/mol. The third-order valence-corrected chi connectivity index (χ3v) is 6.16. The zero-order valence-corrected chi connectivity index (χ0v) is 17.4. The van der Waals surface area contributed by atoms with Gasteiger partial charge in [-0.2, -0.15) is 5.10 Å². The minimum absolute atomic E-state index is 0.0675. The normalized spacial score (nSPS) is 13.1. The number of anilines is 1. The number of rotatable bonds is 6. The molecule has 0 bridgehead atoms. The van der Waals surface area contributed by atoms with Gasteiger partial charge >= 0.3 is 0 Å². The average Bonchev–Trinajstić information content (AvgIpc) is 3.32. The van der Waals surface area contributed by atoms with Gasteiger partial charge in [0.1, 0.15) is 0 Å². The maximum absolute atomic E-state index is 12.8. The summed E-state index contributed by atoms with van der Waals surface area (Å²) in [6, 6.07) is 13.1. The van der Waals surface area contributed by atoms with Crippen molar-refractivity contribution in [2.75, 3.05) is 11.4 Å². The molecule has 1 fully saturated rings. The van der Waals surface area contributed by atoms with E-state index in [4.69, 9.17) is 6.42 Å². The quantitative estimate of drug-likeness (QED) is 0.344. The summed E-state index contributed by atoms with van der Waals surface area (Å²) in [5.74, 6) is 2.63. The number of terminal acetylenes is 1. The summed E-state index contributed by atoms with van der Waals surface area (Å²) in [6.45, 7) is 0.228. The lowest BCUT2D eigenvalue weighted by atomic mass is 10.1. The fourth-order valence-electron chi connectivity index (χ4n) is 3.58. The number of hydrogen-bond acceptors (Lipinski definition) is 5. The zero-order valence-electron chi connectivity index (χ0n) is 16.6. The van der Waals surface area contributed by atoms with Crippen LogP contribution in [-0.4, -0.2) is 32.8 Å². The molecule has 6 nitrogen and oxygen atoms in total. The van der Waals surface area contributed by atoms with E-state index >= 15 is 0 Å². The Morgan fingerprint density at radius 3 is 2.84 bits per heavy atom. The van der Waals surface area contributed by atoms with E-state index in [1.807, 2.05) is 41.8 Å². The molecule has 3 aromatic heterocycles. The van der Waals surface area contributed by atoms with Gasteiger partial charge in [-0.15, -0.1) is 17.8 Å². The summed E-state index contributed by atoms with van der Waals surface area (Å²) in [6.07, 6.45) is 10.6. The lowest BCUT2D eigenvalue weighted by Crippen LogP contribution is -2.32. The largest absolute Gasteiger partial charge is 0.301 e. The number of carbonyl (C=O) groups is 2. The van der Waals surface area contributed by atoms with Crippen molar-refractivity contribution >= 4 is 34.4 Å². The molecule has 3 heterocycles. The Balaban J connectivity index is 1.56. The van der Waals surface area contributed by atoms with Gasteiger partial charge in [0.15, 0.2) is 5.65 Å². The van der Waals surface area contributed by atoms with Crippen LogP contribution in [0.1, 0.15) is 28.1 Å². The maximum Gasteiger partial charge on any atom is 0.230 e. The van der Waals surface area contributed by atoms with Crippen molar-refractivity contribution in [3.05, 3.63) is 70.7 Å². The summed E-state index contributed by atoms with van der Waals surface area (Å²) < 4.78 is 1.66. The molecular formula is C24H18N4O2S. The minimum Gasteiger partial charge on any atom is -0.301 e. The molecule has 7 heteroatoms. The third-order valence-electron chi connectivity index (χ3n) is 5.29. The van der Waals surface area contributed by atoms with E-state index in [1.165, 1.54) is 11.3 Å². The molecule has 4 aromatic rings. The molecule has 0 spiro atoms. The smallest absolute Gasteiger partial charge is 0.230 e. The highest BCUT2D eigenvalue weighted by molar-refractivity contribution is 7.12. The molecule has 0 aliphatic heterocycles. The minimum atomic E-state index is -0.0985. The van der Waals surface area contributed by atoms with Crippen LogP contribution in [0.15, 0.2) is 60.2 Å². The number of carbonyl (C=O) groups excluding carboxylic acids is 2. The van der Waals surface area contributed by atoms with Gasteiger partial charge in [0.25, 0.3) is 0 Å². The summed E-state index contributed by atoms with van der Waals surface area (Å²) in [4.78, 5) is 32.3. The number of ketones is 1. The number of benzene rings is 1. The molecule has 1 amide bonds. The van der Waals surface area contributed by atoms with Gasteiger partial charge in [0.2, 0.25) is 11.7 Å². The van der Waals surface area contributed by atoms with E-state index in [0.717, 1.165) is 29.8 Å². The molecule has 152 valence electrons. The monoisotopic (exact) mass is 426 g/mol. The van der Waals surface area contributed by atoms with Crippen molar-refractivity contribution in [3.8, 4) is 23.6 Å². The number of thiophene rings is 1. The van der Waals surface area contributed by atoms with Crippen LogP contribution in [0, 0.1) is 18.3 Å². The van der Waals surface area contributed by atoms with E-state index in [-0.39, 0.29) is 24.2 Å². The van der Waals surface area contributed by atoms with E-state index in [1.54, 1.807) is 27.9 Å². The van der Waals surface area contributed by atoms with Gasteiger partial charge in [0, 0.05) is 23.4 Å². The highest BCUT2D eigenvalue weighted by atomic mass is 32.1. The number of amides is 1. The Bertz CT molecular complexity index is 1330. The van der Waals surface area contributed by atoms with Gasteiger partial charge in [-0.3, -0.25) is 9.59 Å². The third kappa shape index (κ3) is 3.51. The Kier molecular flexibility index (Phi) is 4.85. The second-order valence-corrected chi connectivity index (χ2v) is 8.33. The van der Waals surface area contributed by atoms with Crippen LogP contribution >= 0.6 is 11.3 Å². The van der Waals surface area contributed by atoms with Crippen LogP contribution in [0.25, 0.3) is 16.9 Å². The Morgan fingerprint density at radius 1 is 1.23 bits per heavy atom. The molecule has 1 aliphatic rings. The standard InChI is InChI=1S/C24H18N4O2S/c1-2-12-27(24(30)16-8-9-16)18-6-3-5-17(14-18)20-10-11-25-23-19(15-26-28(20)23)22(29)21-7-4-13-31-21/h1,3-7,10-11,13-16H,8-9,12H2. The predicted molar refractivity (Wildman–Crippen MR) is 120 cm³/mol. The molecule has 0 saturated heterocycles. The van der Waals surface area contributed by atoms with Crippen LogP contribution in [-0.2, 0) is 4.79 Å². The predicted octanol–water partition coefficient (Wildman–Crippen LogP) is 4.07. The first-order valence-electron chi connectivity index (χ1n) is 9.93. The lowest BCUT2D eigenvalue weighted by Gasteiger charge is -2.21. The number of hydrogen-bond donors (Lipinski definition) is 0. The van der Waals surface area contributed by atoms with E-state index in [9.17, 15) is 9.59 Å². The fraction of sp³-hybridized carbons (Fsp3) is 0.167.